The van der Waals surface area contributed by atoms with Crippen LogP contribution in [0.5, 0.6) is 0 Å². The zero-order valence-corrected chi connectivity index (χ0v) is 12.4. The summed E-state index contributed by atoms with van der Waals surface area (Å²) in [4.78, 5) is 11.9. The molecule has 2 atom stereocenters. The number of benzene rings is 1. The van der Waals surface area contributed by atoms with E-state index >= 15 is 0 Å². The number of rotatable bonds is 6. The highest BCUT2D eigenvalue weighted by Crippen LogP contribution is 2.18. The maximum atomic E-state index is 11.9. The van der Waals surface area contributed by atoms with Crippen LogP contribution in [0.1, 0.15) is 44.1 Å². The summed E-state index contributed by atoms with van der Waals surface area (Å²) < 4.78 is 0. The van der Waals surface area contributed by atoms with Gasteiger partial charge in [-0.15, -0.1) is 0 Å². The van der Waals surface area contributed by atoms with Gasteiger partial charge in [0.2, 0.25) is 5.91 Å². The third-order valence-corrected chi connectivity index (χ3v) is 4.13. The van der Waals surface area contributed by atoms with Gasteiger partial charge in [-0.1, -0.05) is 37.3 Å². The second kappa shape index (κ2) is 8.05. The van der Waals surface area contributed by atoms with E-state index in [1.165, 1.54) is 18.4 Å². The van der Waals surface area contributed by atoms with Crippen molar-refractivity contribution in [1.29, 1.82) is 0 Å². The molecule has 2 unspecified atom stereocenters. The Balaban J connectivity index is 1.65. The predicted octanol–water partition coefficient (Wildman–Crippen LogP) is 2.69. The van der Waals surface area contributed by atoms with E-state index in [9.17, 15) is 4.79 Å². The van der Waals surface area contributed by atoms with Gasteiger partial charge >= 0.3 is 0 Å². The highest BCUT2D eigenvalue weighted by atomic mass is 16.1. The van der Waals surface area contributed by atoms with Gasteiger partial charge in [0.25, 0.3) is 0 Å². The lowest BCUT2D eigenvalue weighted by Crippen LogP contribution is -2.33. The van der Waals surface area contributed by atoms with Gasteiger partial charge in [-0.25, -0.2) is 0 Å². The normalized spacial score (nSPS) is 20.4. The molecule has 3 heteroatoms. The van der Waals surface area contributed by atoms with Crippen molar-refractivity contribution < 1.29 is 4.79 Å². The van der Waals surface area contributed by atoms with Gasteiger partial charge in [-0.05, 0) is 49.8 Å². The largest absolute Gasteiger partial charge is 0.356 e. The number of carbonyl (C=O) groups excluding carboxylic acids is 1. The van der Waals surface area contributed by atoms with Crippen molar-refractivity contribution in [2.45, 2.75) is 38.5 Å². The summed E-state index contributed by atoms with van der Waals surface area (Å²) in [6, 6.07) is 10.2. The minimum atomic E-state index is 0.171. The molecular formula is C17H26N2O. The minimum absolute atomic E-state index is 0.171. The van der Waals surface area contributed by atoms with Gasteiger partial charge < -0.3 is 10.6 Å². The van der Waals surface area contributed by atoms with Gasteiger partial charge in [-0.3, -0.25) is 4.79 Å². The first kappa shape index (κ1) is 15.0. The van der Waals surface area contributed by atoms with Crippen molar-refractivity contribution in [3.63, 3.8) is 0 Å². The fourth-order valence-electron chi connectivity index (χ4n) is 2.84. The van der Waals surface area contributed by atoms with Crippen molar-refractivity contribution in [3.8, 4) is 0 Å². The zero-order chi connectivity index (χ0) is 14.2. The standard InChI is InChI=1S/C17H26N2O/c1-14(16-7-3-2-4-8-16)12-17(20)19-11-9-15-6-5-10-18-13-15/h2-4,7-8,14-15,18H,5-6,9-13H2,1H3,(H,19,20). The Hall–Kier alpha value is -1.35. The Morgan fingerprint density at radius 2 is 2.20 bits per heavy atom. The van der Waals surface area contributed by atoms with Crippen LogP contribution in [0.3, 0.4) is 0 Å². The molecule has 0 aliphatic carbocycles. The molecule has 110 valence electrons. The first-order chi connectivity index (χ1) is 9.75. The monoisotopic (exact) mass is 274 g/mol. The molecule has 3 nitrogen and oxygen atoms in total. The third-order valence-electron chi connectivity index (χ3n) is 4.13. The maximum Gasteiger partial charge on any atom is 0.220 e. The molecular weight excluding hydrogens is 248 g/mol. The first-order valence-corrected chi connectivity index (χ1v) is 7.78. The molecule has 20 heavy (non-hydrogen) atoms. The molecule has 1 saturated heterocycles. The molecule has 0 aromatic heterocycles. The Morgan fingerprint density at radius 1 is 1.40 bits per heavy atom. The summed E-state index contributed by atoms with van der Waals surface area (Å²) in [5.74, 6) is 1.19. The van der Waals surface area contributed by atoms with Crippen LogP contribution in [0, 0.1) is 5.92 Å². The van der Waals surface area contributed by atoms with Crippen molar-refractivity contribution in [2.75, 3.05) is 19.6 Å². The lowest BCUT2D eigenvalue weighted by Gasteiger charge is -2.22. The van der Waals surface area contributed by atoms with Gasteiger partial charge in [0, 0.05) is 13.0 Å². The van der Waals surface area contributed by atoms with E-state index in [0.29, 0.717) is 6.42 Å². The highest BCUT2D eigenvalue weighted by molar-refractivity contribution is 5.76. The molecule has 1 heterocycles. The number of hydrogen-bond acceptors (Lipinski definition) is 2. The smallest absolute Gasteiger partial charge is 0.220 e. The van der Waals surface area contributed by atoms with E-state index < -0.39 is 0 Å². The summed E-state index contributed by atoms with van der Waals surface area (Å²) in [6.45, 7) is 5.18. The fraction of sp³-hybridized carbons (Fsp3) is 0.588. The van der Waals surface area contributed by atoms with E-state index in [1.54, 1.807) is 0 Å². The maximum absolute atomic E-state index is 11.9. The van der Waals surface area contributed by atoms with Crippen LogP contribution in [0.4, 0.5) is 0 Å². The summed E-state index contributed by atoms with van der Waals surface area (Å²) in [7, 11) is 0. The Labute approximate surface area is 122 Å². The van der Waals surface area contributed by atoms with E-state index in [-0.39, 0.29) is 11.8 Å². The van der Waals surface area contributed by atoms with E-state index in [4.69, 9.17) is 0 Å². The molecule has 2 rings (SSSR count). The number of hydrogen-bond donors (Lipinski definition) is 2. The molecule has 0 saturated carbocycles. The fourth-order valence-corrected chi connectivity index (χ4v) is 2.84. The zero-order valence-electron chi connectivity index (χ0n) is 12.4. The van der Waals surface area contributed by atoms with Crippen LogP contribution in [0.25, 0.3) is 0 Å². The van der Waals surface area contributed by atoms with Gasteiger partial charge in [0.1, 0.15) is 0 Å². The Bertz CT molecular complexity index is 399. The van der Waals surface area contributed by atoms with Crippen LogP contribution < -0.4 is 10.6 Å². The van der Waals surface area contributed by atoms with E-state index in [0.717, 1.165) is 32.0 Å². The van der Waals surface area contributed by atoms with Crippen molar-refractivity contribution >= 4 is 5.91 Å². The topological polar surface area (TPSA) is 41.1 Å². The first-order valence-electron chi connectivity index (χ1n) is 7.78. The van der Waals surface area contributed by atoms with Crippen molar-refractivity contribution in [1.82, 2.24) is 10.6 Å². The summed E-state index contributed by atoms with van der Waals surface area (Å²) in [6.07, 6.45) is 4.23. The van der Waals surface area contributed by atoms with E-state index in [1.807, 2.05) is 18.2 Å². The van der Waals surface area contributed by atoms with E-state index in [2.05, 4.69) is 29.7 Å². The quantitative estimate of drug-likeness (QED) is 0.837. The molecule has 1 amide bonds. The molecule has 0 spiro atoms. The van der Waals surface area contributed by atoms with Crippen molar-refractivity contribution in [2.24, 2.45) is 5.92 Å². The van der Waals surface area contributed by atoms with Crippen LogP contribution in [-0.2, 0) is 4.79 Å². The molecule has 1 aromatic carbocycles. The molecule has 1 aliphatic rings. The minimum Gasteiger partial charge on any atom is -0.356 e. The second-order valence-electron chi connectivity index (χ2n) is 5.87. The highest BCUT2D eigenvalue weighted by Gasteiger charge is 2.14. The summed E-state index contributed by atoms with van der Waals surface area (Å²) in [5.41, 5.74) is 1.24. The van der Waals surface area contributed by atoms with Crippen LogP contribution in [-0.4, -0.2) is 25.5 Å². The number of piperidine rings is 1. The SMILES string of the molecule is CC(CC(=O)NCCC1CCCNC1)c1ccccc1. The number of amides is 1. The van der Waals surface area contributed by atoms with Crippen LogP contribution >= 0.6 is 0 Å². The van der Waals surface area contributed by atoms with Crippen LogP contribution in [0.2, 0.25) is 0 Å². The molecule has 1 aromatic rings. The summed E-state index contributed by atoms with van der Waals surface area (Å²) >= 11 is 0. The van der Waals surface area contributed by atoms with Gasteiger partial charge in [0.15, 0.2) is 0 Å². The Morgan fingerprint density at radius 3 is 2.90 bits per heavy atom. The number of nitrogens with one attached hydrogen (secondary N) is 2. The van der Waals surface area contributed by atoms with Crippen molar-refractivity contribution in [3.05, 3.63) is 35.9 Å². The molecule has 0 bridgehead atoms. The molecule has 2 N–H and O–H groups in total. The lowest BCUT2D eigenvalue weighted by molar-refractivity contribution is -0.121. The predicted molar refractivity (Wildman–Crippen MR) is 82.7 cm³/mol. The van der Waals surface area contributed by atoms with Crippen LogP contribution in [0.15, 0.2) is 30.3 Å². The lowest BCUT2D eigenvalue weighted by atomic mass is 9.96. The molecule has 1 fully saturated rings. The average Bonchev–Trinajstić information content (AvgIpc) is 2.49. The van der Waals surface area contributed by atoms with Gasteiger partial charge in [0.05, 0.1) is 0 Å². The second-order valence-corrected chi connectivity index (χ2v) is 5.87. The Kier molecular flexibility index (Phi) is 6.06. The summed E-state index contributed by atoms with van der Waals surface area (Å²) in [5, 5.41) is 6.48. The third kappa shape index (κ3) is 4.97. The number of carbonyl (C=O) groups is 1. The molecule has 0 radical (unpaired) electrons. The molecule has 1 aliphatic heterocycles. The van der Waals surface area contributed by atoms with Gasteiger partial charge in [-0.2, -0.15) is 0 Å². The average molecular weight is 274 g/mol.